The van der Waals surface area contributed by atoms with Gasteiger partial charge in [0.25, 0.3) is 5.91 Å². The van der Waals surface area contributed by atoms with Gasteiger partial charge in [0.1, 0.15) is 6.04 Å². The molecule has 4 nitrogen and oxygen atoms in total. The fourth-order valence-electron chi connectivity index (χ4n) is 2.60. The molecule has 0 aromatic heterocycles. The molecule has 0 radical (unpaired) electrons. The van der Waals surface area contributed by atoms with Crippen LogP contribution in [0.15, 0.2) is 47.4 Å². The lowest BCUT2D eigenvalue weighted by atomic mass is 10.1. The first-order chi connectivity index (χ1) is 12.4. The normalized spacial score (nSPS) is 11.7. The molecule has 0 heterocycles. The van der Waals surface area contributed by atoms with E-state index in [0.29, 0.717) is 12.1 Å². The van der Waals surface area contributed by atoms with Gasteiger partial charge in [-0.25, -0.2) is 0 Å². The van der Waals surface area contributed by atoms with Crippen LogP contribution in [0.1, 0.15) is 40.9 Å². The molecule has 2 amide bonds. The molecule has 2 N–H and O–H groups in total. The first kappa shape index (κ1) is 20.0. The highest BCUT2D eigenvalue weighted by Gasteiger charge is 2.16. The van der Waals surface area contributed by atoms with Crippen molar-refractivity contribution in [1.29, 1.82) is 0 Å². The summed E-state index contributed by atoms with van der Waals surface area (Å²) in [5.74, 6) is 0.376. The summed E-state index contributed by atoms with van der Waals surface area (Å²) in [4.78, 5) is 25.4. The molecule has 0 spiro atoms. The van der Waals surface area contributed by atoms with Gasteiger partial charge in [-0.15, -0.1) is 11.8 Å². The molecule has 138 valence electrons. The van der Waals surface area contributed by atoms with Gasteiger partial charge in [0.2, 0.25) is 5.91 Å². The second-order valence-electron chi connectivity index (χ2n) is 6.35. The summed E-state index contributed by atoms with van der Waals surface area (Å²) >= 11 is 1.76. The molecule has 0 bridgehead atoms. The van der Waals surface area contributed by atoms with E-state index < -0.39 is 6.04 Å². The summed E-state index contributed by atoms with van der Waals surface area (Å²) in [5, 5.41) is 5.44. The molecule has 1 atom stereocenters. The average Bonchev–Trinajstić information content (AvgIpc) is 2.61. The molecule has 0 saturated heterocycles. The van der Waals surface area contributed by atoms with Crippen molar-refractivity contribution in [2.24, 2.45) is 0 Å². The number of nitrogens with one attached hydrogen (secondary N) is 2. The number of carbonyl (C=O) groups excluding carboxylic acids is 2. The van der Waals surface area contributed by atoms with Crippen LogP contribution in [0, 0.1) is 13.8 Å². The smallest absolute Gasteiger partial charge is 0.251 e. The van der Waals surface area contributed by atoms with Crippen molar-refractivity contribution >= 4 is 23.6 Å². The predicted octanol–water partition coefficient (Wildman–Crippen LogP) is 3.85. The Morgan fingerprint density at radius 1 is 1.12 bits per heavy atom. The number of hydrogen-bond acceptors (Lipinski definition) is 3. The second kappa shape index (κ2) is 9.43. The van der Waals surface area contributed by atoms with E-state index in [-0.39, 0.29) is 11.8 Å². The lowest BCUT2D eigenvalue weighted by molar-refractivity contribution is -0.122. The highest BCUT2D eigenvalue weighted by atomic mass is 32.2. The van der Waals surface area contributed by atoms with Crippen LogP contribution in [-0.2, 0) is 10.5 Å². The van der Waals surface area contributed by atoms with Crippen molar-refractivity contribution < 1.29 is 9.59 Å². The highest BCUT2D eigenvalue weighted by Crippen LogP contribution is 2.26. The molecule has 2 aromatic carbocycles. The molecule has 0 unspecified atom stereocenters. The van der Waals surface area contributed by atoms with Crippen molar-refractivity contribution in [2.75, 3.05) is 6.54 Å². The van der Waals surface area contributed by atoms with E-state index in [1.807, 2.05) is 25.1 Å². The van der Waals surface area contributed by atoms with E-state index in [9.17, 15) is 9.59 Å². The Labute approximate surface area is 159 Å². The van der Waals surface area contributed by atoms with Crippen LogP contribution in [0.3, 0.4) is 0 Å². The number of aryl methyl sites for hydroxylation is 2. The van der Waals surface area contributed by atoms with E-state index in [2.05, 4.69) is 42.7 Å². The summed E-state index contributed by atoms with van der Waals surface area (Å²) < 4.78 is 0. The van der Waals surface area contributed by atoms with Gasteiger partial charge in [0.05, 0.1) is 0 Å². The Morgan fingerprint density at radius 3 is 2.58 bits per heavy atom. The second-order valence-corrected chi connectivity index (χ2v) is 7.36. The third-order valence-corrected chi connectivity index (χ3v) is 5.25. The number of benzene rings is 2. The quantitative estimate of drug-likeness (QED) is 0.728. The third-order valence-electron chi connectivity index (χ3n) is 4.01. The molecule has 2 aromatic rings. The maximum absolute atomic E-state index is 12.4. The van der Waals surface area contributed by atoms with E-state index in [0.717, 1.165) is 11.3 Å². The van der Waals surface area contributed by atoms with Gasteiger partial charge in [-0.1, -0.05) is 29.8 Å². The van der Waals surface area contributed by atoms with Crippen molar-refractivity contribution in [3.05, 3.63) is 64.7 Å². The average molecular weight is 371 g/mol. The van der Waals surface area contributed by atoms with Gasteiger partial charge in [-0.3, -0.25) is 9.59 Å². The van der Waals surface area contributed by atoms with Crippen LogP contribution < -0.4 is 10.6 Å². The summed E-state index contributed by atoms with van der Waals surface area (Å²) in [6, 6.07) is 13.4. The minimum absolute atomic E-state index is 0.178. The summed E-state index contributed by atoms with van der Waals surface area (Å²) in [5.41, 5.74) is 4.17. The Hall–Kier alpha value is -2.27. The molecule has 0 aliphatic heterocycles. The fraction of sp³-hybridized carbons (Fsp3) is 0.333. The molecular formula is C21H26N2O2S. The number of amides is 2. The molecule has 0 aliphatic rings. The zero-order valence-corrected chi connectivity index (χ0v) is 16.6. The van der Waals surface area contributed by atoms with Gasteiger partial charge in [-0.05, 0) is 57.0 Å². The molecule has 0 fully saturated rings. The predicted molar refractivity (Wildman–Crippen MR) is 108 cm³/mol. The van der Waals surface area contributed by atoms with Crippen LogP contribution in [0.5, 0.6) is 0 Å². The molecule has 2 rings (SSSR count). The number of rotatable bonds is 7. The SMILES string of the molecule is CCNC(=O)[C@H](C)NC(=O)c1cccc(CSc2ccc(C)cc2C)c1. The van der Waals surface area contributed by atoms with E-state index in [1.165, 1.54) is 16.0 Å². The number of hydrogen-bond donors (Lipinski definition) is 2. The number of likely N-dealkylation sites (N-methyl/N-ethyl adjacent to an activating group) is 1. The Morgan fingerprint density at radius 2 is 1.88 bits per heavy atom. The maximum atomic E-state index is 12.4. The molecule has 5 heteroatoms. The van der Waals surface area contributed by atoms with Crippen LogP contribution in [0.4, 0.5) is 0 Å². The van der Waals surface area contributed by atoms with Crippen molar-refractivity contribution in [3.8, 4) is 0 Å². The summed E-state index contributed by atoms with van der Waals surface area (Å²) in [6.45, 7) is 8.28. The van der Waals surface area contributed by atoms with Gasteiger partial charge in [0, 0.05) is 22.8 Å². The zero-order valence-electron chi connectivity index (χ0n) is 15.8. The van der Waals surface area contributed by atoms with Gasteiger partial charge in [0.15, 0.2) is 0 Å². The molecule has 0 saturated carbocycles. The molecule has 26 heavy (non-hydrogen) atoms. The minimum atomic E-state index is -0.560. The Kier molecular flexibility index (Phi) is 7.27. The van der Waals surface area contributed by atoms with Gasteiger partial charge in [-0.2, -0.15) is 0 Å². The van der Waals surface area contributed by atoms with Gasteiger partial charge >= 0.3 is 0 Å². The molecule has 0 aliphatic carbocycles. The Bertz CT molecular complexity index is 789. The Balaban J connectivity index is 2.00. The first-order valence-corrected chi connectivity index (χ1v) is 9.76. The largest absolute Gasteiger partial charge is 0.355 e. The highest BCUT2D eigenvalue weighted by molar-refractivity contribution is 7.98. The lowest BCUT2D eigenvalue weighted by Gasteiger charge is -2.14. The van der Waals surface area contributed by atoms with Crippen LogP contribution >= 0.6 is 11.8 Å². The van der Waals surface area contributed by atoms with E-state index in [1.54, 1.807) is 24.8 Å². The van der Waals surface area contributed by atoms with Crippen molar-refractivity contribution in [1.82, 2.24) is 10.6 Å². The maximum Gasteiger partial charge on any atom is 0.251 e. The van der Waals surface area contributed by atoms with Crippen molar-refractivity contribution in [3.63, 3.8) is 0 Å². The van der Waals surface area contributed by atoms with Crippen molar-refractivity contribution in [2.45, 2.75) is 44.4 Å². The van der Waals surface area contributed by atoms with Crippen LogP contribution in [0.25, 0.3) is 0 Å². The summed E-state index contributed by atoms with van der Waals surface area (Å²) in [6.07, 6.45) is 0. The number of carbonyl (C=O) groups is 2. The standard InChI is InChI=1S/C21H26N2O2S/c1-5-22-20(24)16(4)23-21(25)18-8-6-7-17(12-18)13-26-19-10-9-14(2)11-15(19)3/h6-12,16H,5,13H2,1-4H3,(H,22,24)(H,23,25)/t16-/m0/s1. The monoisotopic (exact) mass is 370 g/mol. The lowest BCUT2D eigenvalue weighted by Crippen LogP contribution is -2.44. The van der Waals surface area contributed by atoms with Gasteiger partial charge < -0.3 is 10.6 Å². The summed E-state index contributed by atoms with van der Waals surface area (Å²) in [7, 11) is 0. The van der Waals surface area contributed by atoms with Crippen LogP contribution in [0.2, 0.25) is 0 Å². The van der Waals surface area contributed by atoms with E-state index >= 15 is 0 Å². The van der Waals surface area contributed by atoms with Crippen LogP contribution in [-0.4, -0.2) is 24.4 Å². The zero-order chi connectivity index (χ0) is 19.1. The topological polar surface area (TPSA) is 58.2 Å². The molecular weight excluding hydrogens is 344 g/mol. The third kappa shape index (κ3) is 5.63. The van der Waals surface area contributed by atoms with E-state index in [4.69, 9.17) is 0 Å². The minimum Gasteiger partial charge on any atom is -0.355 e. The fourth-order valence-corrected chi connectivity index (χ4v) is 3.55. The number of thioether (sulfide) groups is 1. The first-order valence-electron chi connectivity index (χ1n) is 8.78.